The zero-order chi connectivity index (χ0) is 17.2. The number of ketones is 1. The monoisotopic (exact) mass is 324 g/mol. The lowest BCUT2D eigenvalue weighted by Crippen LogP contribution is -1.97. The number of unbranched alkanes of at least 4 members (excludes halogenated alkanes) is 4. The fourth-order valence-corrected chi connectivity index (χ4v) is 2.69. The number of carbonyl (C=O) groups is 1. The van der Waals surface area contributed by atoms with Crippen molar-refractivity contribution in [2.45, 2.75) is 52.4 Å². The second-order valence-corrected chi connectivity index (χ2v) is 6.14. The summed E-state index contributed by atoms with van der Waals surface area (Å²) in [5.74, 6) is 1.11. The highest BCUT2D eigenvalue weighted by Gasteiger charge is 2.04. The molecule has 0 fully saturated rings. The van der Waals surface area contributed by atoms with E-state index in [0.29, 0.717) is 6.42 Å². The van der Waals surface area contributed by atoms with Gasteiger partial charge in [-0.05, 0) is 29.7 Å². The van der Waals surface area contributed by atoms with E-state index >= 15 is 0 Å². The molecule has 128 valence electrons. The molecular weight excluding hydrogens is 296 g/mol. The molecule has 0 saturated heterocycles. The third-order valence-electron chi connectivity index (χ3n) is 4.23. The molecule has 0 heterocycles. The quantitative estimate of drug-likeness (QED) is 0.379. The van der Waals surface area contributed by atoms with Crippen LogP contribution in [-0.4, -0.2) is 12.4 Å². The fourth-order valence-electron chi connectivity index (χ4n) is 2.69. The van der Waals surface area contributed by atoms with E-state index in [1.54, 1.807) is 0 Å². The average Bonchev–Trinajstić information content (AvgIpc) is 2.64. The molecule has 0 aliphatic rings. The molecule has 2 rings (SSSR count). The molecule has 0 saturated carbocycles. The predicted molar refractivity (Wildman–Crippen MR) is 101 cm³/mol. The topological polar surface area (TPSA) is 26.3 Å². The molecule has 0 aromatic heterocycles. The molecule has 24 heavy (non-hydrogen) atoms. The standard InChI is InChI=1S/C22H28O2/c1-3-5-6-7-8-17-24-21-15-13-19(14-16-21)18-9-11-20(12-10-18)22(23)4-2/h9-16H,3-8,17H2,1-2H3. The van der Waals surface area contributed by atoms with Gasteiger partial charge < -0.3 is 4.74 Å². The molecule has 0 N–H and O–H groups in total. The maximum atomic E-state index is 11.7. The van der Waals surface area contributed by atoms with Gasteiger partial charge in [0.1, 0.15) is 5.75 Å². The molecule has 2 nitrogen and oxygen atoms in total. The number of ether oxygens (including phenoxy) is 1. The van der Waals surface area contributed by atoms with E-state index in [-0.39, 0.29) is 5.78 Å². The van der Waals surface area contributed by atoms with Gasteiger partial charge in [0.05, 0.1) is 6.61 Å². The summed E-state index contributed by atoms with van der Waals surface area (Å²) in [6.45, 7) is 4.91. The highest BCUT2D eigenvalue weighted by Crippen LogP contribution is 2.23. The molecule has 0 aliphatic carbocycles. The zero-order valence-electron chi connectivity index (χ0n) is 14.9. The van der Waals surface area contributed by atoms with Crippen LogP contribution in [0.1, 0.15) is 62.7 Å². The van der Waals surface area contributed by atoms with Crippen molar-refractivity contribution in [2.75, 3.05) is 6.61 Å². The Balaban J connectivity index is 1.86. The average molecular weight is 324 g/mol. The molecular formula is C22H28O2. The van der Waals surface area contributed by atoms with Crippen molar-refractivity contribution in [1.29, 1.82) is 0 Å². The number of Topliss-reactive ketones (excluding diaryl/α,β-unsaturated/α-hetero) is 1. The Hall–Kier alpha value is -2.09. The van der Waals surface area contributed by atoms with E-state index in [0.717, 1.165) is 35.5 Å². The van der Waals surface area contributed by atoms with Crippen molar-refractivity contribution in [1.82, 2.24) is 0 Å². The first kappa shape index (κ1) is 18.3. The van der Waals surface area contributed by atoms with Crippen LogP contribution in [0.5, 0.6) is 5.75 Å². The van der Waals surface area contributed by atoms with Gasteiger partial charge in [0.25, 0.3) is 0 Å². The SMILES string of the molecule is CCCCCCCOc1ccc(-c2ccc(C(=O)CC)cc2)cc1. The molecule has 0 atom stereocenters. The smallest absolute Gasteiger partial charge is 0.162 e. The lowest BCUT2D eigenvalue weighted by molar-refractivity contribution is 0.0988. The van der Waals surface area contributed by atoms with Crippen molar-refractivity contribution in [3.8, 4) is 16.9 Å². The lowest BCUT2D eigenvalue weighted by atomic mass is 10.0. The maximum Gasteiger partial charge on any atom is 0.162 e. The third-order valence-corrected chi connectivity index (χ3v) is 4.23. The zero-order valence-corrected chi connectivity index (χ0v) is 14.9. The predicted octanol–water partition coefficient (Wildman–Crippen LogP) is 6.30. The Morgan fingerprint density at radius 3 is 1.96 bits per heavy atom. The van der Waals surface area contributed by atoms with Crippen LogP contribution < -0.4 is 4.74 Å². The normalized spacial score (nSPS) is 10.6. The van der Waals surface area contributed by atoms with Gasteiger partial charge in [0.2, 0.25) is 0 Å². The molecule has 2 aromatic rings. The minimum absolute atomic E-state index is 0.184. The van der Waals surface area contributed by atoms with E-state index in [1.807, 2.05) is 43.3 Å². The summed E-state index contributed by atoms with van der Waals surface area (Å²) in [7, 11) is 0. The summed E-state index contributed by atoms with van der Waals surface area (Å²) in [5, 5.41) is 0. The molecule has 0 aliphatic heterocycles. The fraction of sp³-hybridized carbons (Fsp3) is 0.409. The summed E-state index contributed by atoms with van der Waals surface area (Å²) < 4.78 is 5.80. The Morgan fingerprint density at radius 2 is 1.38 bits per heavy atom. The molecule has 0 spiro atoms. The Bertz CT molecular complexity index is 611. The molecule has 2 heteroatoms. The van der Waals surface area contributed by atoms with Crippen LogP contribution in [0.25, 0.3) is 11.1 Å². The van der Waals surface area contributed by atoms with Gasteiger partial charge in [-0.25, -0.2) is 0 Å². The van der Waals surface area contributed by atoms with Crippen LogP contribution >= 0.6 is 0 Å². The van der Waals surface area contributed by atoms with E-state index in [4.69, 9.17) is 4.74 Å². The largest absolute Gasteiger partial charge is 0.494 e. The van der Waals surface area contributed by atoms with Crippen LogP contribution in [0.4, 0.5) is 0 Å². The summed E-state index contributed by atoms with van der Waals surface area (Å²) in [6, 6.07) is 16.0. The Labute approximate surface area is 145 Å². The van der Waals surface area contributed by atoms with E-state index in [1.165, 1.54) is 25.7 Å². The summed E-state index contributed by atoms with van der Waals surface area (Å²) in [5.41, 5.74) is 3.04. The number of hydrogen-bond acceptors (Lipinski definition) is 2. The van der Waals surface area contributed by atoms with Crippen molar-refractivity contribution in [2.24, 2.45) is 0 Å². The molecule has 0 bridgehead atoms. The maximum absolute atomic E-state index is 11.7. The first-order valence-electron chi connectivity index (χ1n) is 9.11. The number of rotatable bonds is 10. The highest BCUT2D eigenvalue weighted by atomic mass is 16.5. The van der Waals surface area contributed by atoms with Gasteiger partial charge in [0.15, 0.2) is 5.78 Å². The lowest BCUT2D eigenvalue weighted by Gasteiger charge is -2.08. The van der Waals surface area contributed by atoms with Crippen molar-refractivity contribution >= 4 is 5.78 Å². The second kappa shape index (κ2) is 9.92. The summed E-state index contributed by atoms with van der Waals surface area (Å²) in [4.78, 5) is 11.7. The third kappa shape index (κ3) is 5.52. The van der Waals surface area contributed by atoms with Gasteiger partial charge in [0, 0.05) is 12.0 Å². The first-order chi connectivity index (χ1) is 11.7. The van der Waals surface area contributed by atoms with Crippen LogP contribution in [0.2, 0.25) is 0 Å². The minimum Gasteiger partial charge on any atom is -0.494 e. The van der Waals surface area contributed by atoms with E-state index in [2.05, 4.69) is 19.1 Å². The Kier molecular flexibility index (Phi) is 7.54. The van der Waals surface area contributed by atoms with Gasteiger partial charge in [-0.2, -0.15) is 0 Å². The van der Waals surface area contributed by atoms with Gasteiger partial charge in [-0.15, -0.1) is 0 Å². The number of benzene rings is 2. The molecule has 0 unspecified atom stereocenters. The van der Waals surface area contributed by atoms with Crippen molar-refractivity contribution in [3.63, 3.8) is 0 Å². The van der Waals surface area contributed by atoms with Crippen LogP contribution in [0, 0.1) is 0 Å². The van der Waals surface area contributed by atoms with E-state index < -0.39 is 0 Å². The number of hydrogen-bond donors (Lipinski definition) is 0. The van der Waals surface area contributed by atoms with Crippen LogP contribution in [0.3, 0.4) is 0 Å². The molecule has 2 aromatic carbocycles. The van der Waals surface area contributed by atoms with Crippen molar-refractivity contribution in [3.05, 3.63) is 54.1 Å². The van der Waals surface area contributed by atoms with Crippen LogP contribution in [0.15, 0.2) is 48.5 Å². The Morgan fingerprint density at radius 1 is 0.792 bits per heavy atom. The van der Waals surface area contributed by atoms with Gasteiger partial charge in [-0.3, -0.25) is 4.79 Å². The second-order valence-electron chi connectivity index (χ2n) is 6.14. The number of carbonyl (C=O) groups excluding carboxylic acids is 1. The van der Waals surface area contributed by atoms with Crippen LogP contribution in [-0.2, 0) is 0 Å². The first-order valence-corrected chi connectivity index (χ1v) is 9.11. The minimum atomic E-state index is 0.184. The summed E-state index contributed by atoms with van der Waals surface area (Å²) >= 11 is 0. The highest BCUT2D eigenvalue weighted by molar-refractivity contribution is 5.96. The van der Waals surface area contributed by atoms with Crippen molar-refractivity contribution < 1.29 is 9.53 Å². The van der Waals surface area contributed by atoms with E-state index in [9.17, 15) is 4.79 Å². The van der Waals surface area contributed by atoms with Gasteiger partial charge >= 0.3 is 0 Å². The molecule has 0 radical (unpaired) electrons. The molecule has 0 amide bonds. The van der Waals surface area contributed by atoms with Gasteiger partial charge in [-0.1, -0.05) is 75.9 Å². The summed E-state index contributed by atoms with van der Waals surface area (Å²) in [6.07, 6.45) is 6.80.